The Morgan fingerprint density at radius 1 is 1.11 bits per heavy atom. The summed E-state index contributed by atoms with van der Waals surface area (Å²) >= 11 is 0. The summed E-state index contributed by atoms with van der Waals surface area (Å²) in [5, 5.41) is 0. The van der Waals surface area contributed by atoms with E-state index in [4.69, 9.17) is 10.5 Å². The third kappa shape index (κ3) is 2.64. The van der Waals surface area contributed by atoms with Gasteiger partial charge >= 0.3 is 0 Å². The van der Waals surface area contributed by atoms with E-state index in [9.17, 15) is 0 Å². The van der Waals surface area contributed by atoms with Gasteiger partial charge in [-0.1, -0.05) is 36.4 Å². The molecular weight excluding hydrogens is 234 g/mol. The standard InChI is InChI=1S/C17H19NO/c1-19-16-8-7-13(12-17(18)9-10-17)11-15(16)14-5-3-2-4-6-14/h2-8,11H,9-10,12,18H2,1H3. The fourth-order valence-corrected chi connectivity index (χ4v) is 2.45. The van der Waals surface area contributed by atoms with Crippen LogP contribution in [-0.4, -0.2) is 12.6 Å². The molecular formula is C17H19NO. The van der Waals surface area contributed by atoms with Gasteiger partial charge in [0.1, 0.15) is 5.75 Å². The van der Waals surface area contributed by atoms with E-state index >= 15 is 0 Å². The molecule has 1 aliphatic carbocycles. The molecule has 0 aliphatic heterocycles. The first-order valence-corrected chi connectivity index (χ1v) is 6.71. The summed E-state index contributed by atoms with van der Waals surface area (Å²) in [7, 11) is 1.72. The largest absolute Gasteiger partial charge is 0.496 e. The predicted molar refractivity (Wildman–Crippen MR) is 78.3 cm³/mol. The second-order valence-corrected chi connectivity index (χ2v) is 5.44. The molecule has 0 unspecified atom stereocenters. The van der Waals surface area contributed by atoms with Gasteiger partial charge in [-0.25, -0.2) is 0 Å². The van der Waals surface area contributed by atoms with Crippen molar-refractivity contribution in [3.63, 3.8) is 0 Å². The van der Waals surface area contributed by atoms with Crippen molar-refractivity contribution in [2.45, 2.75) is 24.8 Å². The average Bonchev–Trinajstić information content (AvgIpc) is 3.17. The molecule has 2 nitrogen and oxygen atoms in total. The molecule has 2 heteroatoms. The maximum Gasteiger partial charge on any atom is 0.126 e. The van der Waals surface area contributed by atoms with Gasteiger partial charge in [0.05, 0.1) is 7.11 Å². The Morgan fingerprint density at radius 3 is 2.47 bits per heavy atom. The third-order valence-corrected chi connectivity index (χ3v) is 3.80. The van der Waals surface area contributed by atoms with Gasteiger partial charge in [0.25, 0.3) is 0 Å². The van der Waals surface area contributed by atoms with Gasteiger partial charge in [-0.05, 0) is 42.5 Å². The Hall–Kier alpha value is -1.80. The molecule has 0 spiro atoms. The van der Waals surface area contributed by atoms with Crippen LogP contribution in [0.15, 0.2) is 48.5 Å². The molecule has 2 aromatic carbocycles. The van der Waals surface area contributed by atoms with E-state index in [0.717, 1.165) is 30.6 Å². The van der Waals surface area contributed by atoms with Gasteiger partial charge in [-0.3, -0.25) is 0 Å². The summed E-state index contributed by atoms with van der Waals surface area (Å²) in [5.41, 5.74) is 9.87. The van der Waals surface area contributed by atoms with Crippen LogP contribution in [0.2, 0.25) is 0 Å². The Bertz CT molecular complexity index is 573. The molecule has 98 valence electrons. The molecule has 0 aromatic heterocycles. The van der Waals surface area contributed by atoms with Crippen LogP contribution in [0.1, 0.15) is 18.4 Å². The van der Waals surface area contributed by atoms with Crippen molar-refractivity contribution < 1.29 is 4.74 Å². The molecule has 0 amide bonds. The van der Waals surface area contributed by atoms with Crippen molar-refractivity contribution in [2.75, 3.05) is 7.11 Å². The number of hydrogen-bond donors (Lipinski definition) is 1. The van der Waals surface area contributed by atoms with E-state index in [-0.39, 0.29) is 5.54 Å². The molecule has 3 rings (SSSR count). The number of rotatable bonds is 4. The highest BCUT2D eigenvalue weighted by Crippen LogP contribution is 2.38. The highest BCUT2D eigenvalue weighted by molar-refractivity contribution is 5.71. The maximum absolute atomic E-state index is 6.21. The number of nitrogens with two attached hydrogens (primary N) is 1. The highest BCUT2D eigenvalue weighted by Gasteiger charge is 2.38. The minimum atomic E-state index is 0.0442. The molecule has 2 N–H and O–H groups in total. The Kier molecular flexibility index (Phi) is 3.03. The van der Waals surface area contributed by atoms with E-state index in [1.807, 2.05) is 24.3 Å². The summed E-state index contributed by atoms with van der Waals surface area (Å²) in [6, 6.07) is 16.7. The SMILES string of the molecule is COc1ccc(CC2(N)CC2)cc1-c1ccccc1. The number of hydrogen-bond acceptors (Lipinski definition) is 2. The zero-order chi connectivity index (χ0) is 13.3. The fourth-order valence-electron chi connectivity index (χ4n) is 2.45. The van der Waals surface area contributed by atoms with E-state index in [1.54, 1.807) is 7.11 Å². The summed E-state index contributed by atoms with van der Waals surface area (Å²) in [5.74, 6) is 0.914. The fraction of sp³-hybridized carbons (Fsp3) is 0.294. The van der Waals surface area contributed by atoms with Gasteiger partial charge in [-0.2, -0.15) is 0 Å². The zero-order valence-electron chi connectivity index (χ0n) is 11.2. The predicted octanol–water partition coefficient (Wildman–Crippen LogP) is 3.40. The van der Waals surface area contributed by atoms with Crippen molar-refractivity contribution in [3.8, 4) is 16.9 Å². The van der Waals surface area contributed by atoms with Crippen molar-refractivity contribution in [1.29, 1.82) is 0 Å². The second-order valence-electron chi connectivity index (χ2n) is 5.44. The van der Waals surface area contributed by atoms with Crippen molar-refractivity contribution in [3.05, 3.63) is 54.1 Å². The Labute approximate surface area is 114 Å². The third-order valence-electron chi connectivity index (χ3n) is 3.80. The van der Waals surface area contributed by atoms with E-state index in [1.165, 1.54) is 11.1 Å². The number of methoxy groups -OCH3 is 1. The Morgan fingerprint density at radius 2 is 1.84 bits per heavy atom. The number of benzene rings is 2. The highest BCUT2D eigenvalue weighted by atomic mass is 16.5. The molecule has 19 heavy (non-hydrogen) atoms. The van der Waals surface area contributed by atoms with Crippen LogP contribution in [0.5, 0.6) is 5.75 Å². The lowest BCUT2D eigenvalue weighted by atomic mass is 9.98. The lowest BCUT2D eigenvalue weighted by Gasteiger charge is -2.13. The Balaban J connectivity index is 1.98. The monoisotopic (exact) mass is 253 g/mol. The molecule has 0 heterocycles. The topological polar surface area (TPSA) is 35.2 Å². The van der Waals surface area contributed by atoms with Crippen molar-refractivity contribution in [2.24, 2.45) is 5.73 Å². The van der Waals surface area contributed by atoms with Gasteiger partial charge in [0.15, 0.2) is 0 Å². The second kappa shape index (κ2) is 4.71. The van der Waals surface area contributed by atoms with Crippen molar-refractivity contribution in [1.82, 2.24) is 0 Å². The van der Waals surface area contributed by atoms with Gasteiger partial charge < -0.3 is 10.5 Å². The van der Waals surface area contributed by atoms with Gasteiger partial charge in [0, 0.05) is 11.1 Å². The average molecular weight is 253 g/mol. The first-order chi connectivity index (χ1) is 9.20. The molecule has 0 atom stereocenters. The lowest BCUT2D eigenvalue weighted by molar-refractivity contribution is 0.416. The minimum Gasteiger partial charge on any atom is -0.496 e. The van der Waals surface area contributed by atoms with Crippen molar-refractivity contribution >= 4 is 0 Å². The summed E-state index contributed by atoms with van der Waals surface area (Å²) in [6.07, 6.45) is 3.23. The van der Waals surface area contributed by atoms with Crippen LogP contribution in [0.3, 0.4) is 0 Å². The van der Waals surface area contributed by atoms with Gasteiger partial charge in [0.2, 0.25) is 0 Å². The summed E-state index contributed by atoms with van der Waals surface area (Å²) in [6.45, 7) is 0. The van der Waals surface area contributed by atoms with Crippen LogP contribution in [0.4, 0.5) is 0 Å². The molecule has 1 fully saturated rings. The van der Waals surface area contributed by atoms with Crippen LogP contribution in [-0.2, 0) is 6.42 Å². The van der Waals surface area contributed by atoms with E-state index < -0.39 is 0 Å². The quantitative estimate of drug-likeness (QED) is 0.906. The smallest absolute Gasteiger partial charge is 0.126 e. The minimum absolute atomic E-state index is 0.0442. The van der Waals surface area contributed by atoms with Crippen LogP contribution in [0.25, 0.3) is 11.1 Å². The first kappa shape index (κ1) is 12.2. The molecule has 0 bridgehead atoms. The van der Waals surface area contributed by atoms with Crippen LogP contribution in [0, 0.1) is 0 Å². The van der Waals surface area contributed by atoms with Crippen LogP contribution >= 0.6 is 0 Å². The van der Waals surface area contributed by atoms with Crippen LogP contribution < -0.4 is 10.5 Å². The lowest BCUT2D eigenvalue weighted by Crippen LogP contribution is -2.24. The molecule has 0 radical (unpaired) electrons. The molecule has 1 saturated carbocycles. The normalized spacial score (nSPS) is 16.1. The maximum atomic E-state index is 6.21. The molecule has 2 aromatic rings. The molecule has 0 saturated heterocycles. The zero-order valence-corrected chi connectivity index (χ0v) is 11.2. The van der Waals surface area contributed by atoms with E-state index in [2.05, 4.69) is 24.3 Å². The summed E-state index contributed by atoms with van der Waals surface area (Å²) < 4.78 is 5.47. The molecule has 1 aliphatic rings. The summed E-state index contributed by atoms with van der Waals surface area (Å²) in [4.78, 5) is 0. The van der Waals surface area contributed by atoms with Gasteiger partial charge in [-0.15, -0.1) is 0 Å². The van der Waals surface area contributed by atoms with E-state index in [0.29, 0.717) is 0 Å². The first-order valence-electron chi connectivity index (χ1n) is 6.71. The number of ether oxygens (including phenoxy) is 1.